The molecule has 0 aliphatic rings. The van der Waals surface area contributed by atoms with E-state index >= 15 is 0 Å². The first-order valence-corrected chi connectivity index (χ1v) is 7.73. The number of rotatable bonds is 4. The van der Waals surface area contributed by atoms with Crippen LogP contribution in [0.3, 0.4) is 0 Å². The van der Waals surface area contributed by atoms with Gasteiger partial charge < -0.3 is 10.6 Å². The number of carbonyl (C=O) groups is 1. The molecule has 0 bridgehead atoms. The zero-order valence-corrected chi connectivity index (χ0v) is 14.1. The van der Waals surface area contributed by atoms with E-state index in [0.29, 0.717) is 21.7 Å². The minimum absolute atomic E-state index is 0.0623. The Morgan fingerprint density at radius 3 is 2.12 bits per heavy atom. The molecule has 25 heavy (non-hydrogen) atoms. The molecule has 2 aromatic rings. The Labute approximate surface area is 150 Å². The largest absolute Gasteiger partial charge is 0.416 e. The number of benzene rings is 2. The van der Waals surface area contributed by atoms with E-state index in [4.69, 9.17) is 23.2 Å². The van der Waals surface area contributed by atoms with Crippen molar-refractivity contribution in [3.63, 3.8) is 0 Å². The molecule has 3 nitrogen and oxygen atoms in total. The Kier molecular flexibility index (Phi) is 6.13. The third-order valence-electron chi connectivity index (χ3n) is 3.27. The number of urea groups is 1. The van der Waals surface area contributed by atoms with Crippen LogP contribution in [0.5, 0.6) is 0 Å². The highest BCUT2D eigenvalue weighted by Crippen LogP contribution is 2.30. The summed E-state index contributed by atoms with van der Waals surface area (Å²) in [5, 5.41) is 5.69. The summed E-state index contributed by atoms with van der Waals surface area (Å²) in [5.41, 5.74) is -0.523. The van der Waals surface area contributed by atoms with Crippen molar-refractivity contribution in [2.45, 2.75) is 19.3 Å². The maximum atomic E-state index is 13.7. The van der Waals surface area contributed by atoms with Crippen LogP contribution in [0.1, 0.15) is 16.7 Å². The lowest BCUT2D eigenvalue weighted by Crippen LogP contribution is -2.34. The lowest BCUT2D eigenvalue weighted by molar-refractivity contribution is -0.137. The van der Waals surface area contributed by atoms with E-state index in [9.17, 15) is 22.4 Å². The van der Waals surface area contributed by atoms with E-state index in [0.717, 1.165) is 12.1 Å². The second-order valence-corrected chi connectivity index (χ2v) is 5.92. The van der Waals surface area contributed by atoms with Crippen molar-refractivity contribution in [3.8, 4) is 0 Å². The van der Waals surface area contributed by atoms with Crippen molar-refractivity contribution in [2.24, 2.45) is 0 Å². The fourth-order valence-electron chi connectivity index (χ4n) is 1.95. The van der Waals surface area contributed by atoms with Crippen molar-refractivity contribution in [3.05, 3.63) is 69.0 Å². The molecule has 2 N–H and O–H groups in total. The van der Waals surface area contributed by atoms with E-state index < -0.39 is 23.6 Å². The summed E-state index contributed by atoms with van der Waals surface area (Å²) in [5.74, 6) is -1.05. The van der Waals surface area contributed by atoms with Gasteiger partial charge in [0.25, 0.3) is 0 Å². The molecule has 0 atom stereocenters. The van der Waals surface area contributed by atoms with Gasteiger partial charge in [-0.05, 0) is 29.8 Å². The van der Waals surface area contributed by atoms with Crippen molar-refractivity contribution in [1.29, 1.82) is 0 Å². The topological polar surface area (TPSA) is 41.1 Å². The van der Waals surface area contributed by atoms with Gasteiger partial charge >= 0.3 is 12.2 Å². The van der Waals surface area contributed by atoms with Gasteiger partial charge in [-0.15, -0.1) is 0 Å². The maximum absolute atomic E-state index is 13.7. The Morgan fingerprint density at radius 2 is 1.56 bits per heavy atom. The molecule has 0 saturated heterocycles. The van der Waals surface area contributed by atoms with Crippen LogP contribution in [0.4, 0.5) is 22.4 Å². The summed E-state index contributed by atoms with van der Waals surface area (Å²) in [7, 11) is 0. The van der Waals surface area contributed by atoms with Gasteiger partial charge in [0.05, 0.1) is 5.56 Å². The van der Waals surface area contributed by atoms with Gasteiger partial charge in [-0.25, -0.2) is 9.18 Å². The number of amides is 2. The van der Waals surface area contributed by atoms with Gasteiger partial charge in [0.2, 0.25) is 0 Å². The van der Waals surface area contributed by atoms with Gasteiger partial charge in [0.15, 0.2) is 0 Å². The van der Waals surface area contributed by atoms with Gasteiger partial charge in [-0.3, -0.25) is 0 Å². The molecule has 0 radical (unpaired) electrons. The van der Waals surface area contributed by atoms with Gasteiger partial charge in [0, 0.05) is 28.7 Å². The quantitative estimate of drug-likeness (QED) is 0.691. The molecule has 0 fully saturated rings. The summed E-state index contributed by atoms with van der Waals surface area (Å²) in [4.78, 5) is 11.7. The zero-order chi connectivity index (χ0) is 18.6. The third-order valence-corrected chi connectivity index (χ3v) is 3.86. The number of hydrogen-bond donors (Lipinski definition) is 2. The van der Waals surface area contributed by atoms with E-state index in [1.54, 1.807) is 12.1 Å². The first-order valence-electron chi connectivity index (χ1n) is 6.98. The number of carbonyl (C=O) groups excluding carboxylic acids is 1. The monoisotopic (exact) mass is 394 g/mol. The Morgan fingerprint density at radius 1 is 0.960 bits per heavy atom. The molecule has 0 aromatic heterocycles. The van der Waals surface area contributed by atoms with Crippen LogP contribution in [-0.2, 0) is 19.3 Å². The first-order chi connectivity index (χ1) is 11.7. The molecule has 2 amide bonds. The highest BCUT2D eigenvalue weighted by Gasteiger charge is 2.31. The molecule has 2 rings (SSSR count). The summed E-state index contributed by atoms with van der Waals surface area (Å²) in [6, 6.07) is 6.28. The van der Waals surface area contributed by atoms with Crippen LogP contribution in [0, 0.1) is 5.82 Å². The maximum Gasteiger partial charge on any atom is 0.416 e. The summed E-state index contributed by atoms with van der Waals surface area (Å²) >= 11 is 11.7. The standard InChI is InChI=1S/C16H12Cl2F4N2O/c17-12-4-2-9(13(18)6-12)7-23-15(25)24-8-10-1-3-11(5-14(10)19)16(20,21)22/h1-6H,7-8H2,(H2,23,24,25). The predicted molar refractivity (Wildman–Crippen MR) is 86.9 cm³/mol. The molecule has 9 heteroatoms. The molecular weight excluding hydrogens is 383 g/mol. The zero-order valence-electron chi connectivity index (χ0n) is 12.6. The summed E-state index contributed by atoms with van der Waals surface area (Å²) in [6.45, 7) is -0.151. The molecule has 0 aliphatic heterocycles. The second kappa shape index (κ2) is 7.93. The van der Waals surface area contributed by atoms with Crippen molar-refractivity contribution >= 4 is 29.2 Å². The smallest absolute Gasteiger partial charge is 0.334 e. The molecule has 0 spiro atoms. The van der Waals surface area contributed by atoms with E-state index in [1.165, 1.54) is 6.07 Å². The predicted octanol–water partition coefficient (Wildman–Crippen LogP) is 5.15. The molecule has 0 heterocycles. The number of alkyl halides is 3. The van der Waals surface area contributed by atoms with E-state index in [2.05, 4.69) is 10.6 Å². The minimum Gasteiger partial charge on any atom is -0.334 e. The lowest BCUT2D eigenvalue weighted by Gasteiger charge is -2.11. The molecule has 0 unspecified atom stereocenters. The number of hydrogen-bond acceptors (Lipinski definition) is 1. The second-order valence-electron chi connectivity index (χ2n) is 5.08. The lowest BCUT2D eigenvalue weighted by atomic mass is 10.1. The molecule has 2 aromatic carbocycles. The number of halogens is 6. The normalized spacial score (nSPS) is 11.3. The minimum atomic E-state index is -4.62. The van der Waals surface area contributed by atoms with Crippen molar-refractivity contribution in [1.82, 2.24) is 10.6 Å². The summed E-state index contributed by atoms with van der Waals surface area (Å²) in [6.07, 6.45) is -4.62. The highest BCUT2D eigenvalue weighted by atomic mass is 35.5. The summed E-state index contributed by atoms with van der Waals surface area (Å²) < 4.78 is 51.1. The average molecular weight is 395 g/mol. The van der Waals surface area contributed by atoms with Crippen LogP contribution in [-0.4, -0.2) is 6.03 Å². The van der Waals surface area contributed by atoms with Crippen molar-refractivity contribution in [2.75, 3.05) is 0 Å². The van der Waals surface area contributed by atoms with Crippen LogP contribution in [0.25, 0.3) is 0 Å². The molecule has 134 valence electrons. The average Bonchev–Trinajstić information content (AvgIpc) is 2.52. The fourth-order valence-corrected chi connectivity index (χ4v) is 2.42. The Balaban J connectivity index is 1.89. The Bertz CT molecular complexity index is 781. The molecule has 0 aliphatic carbocycles. The van der Waals surface area contributed by atoms with Gasteiger partial charge in [-0.1, -0.05) is 35.3 Å². The van der Waals surface area contributed by atoms with Crippen molar-refractivity contribution < 1.29 is 22.4 Å². The Hall–Kier alpha value is -1.99. The number of nitrogens with one attached hydrogen (secondary N) is 2. The third kappa shape index (κ3) is 5.51. The van der Waals surface area contributed by atoms with Gasteiger partial charge in [-0.2, -0.15) is 13.2 Å². The highest BCUT2D eigenvalue weighted by molar-refractivity contribution is 6.35. The van der Waals surface area contributed by atoms with Gasteiger partial charge in [0.1, 0.15) is 5.82 Å². The molecule has 0 saturated carbocycles. The fraction of sp³-hybridized carbons (Fsp3) is 0.188. The first kappa shape index (κ1) is 19.3. The van der Waals surface area contributed by atoms with E-state index in [-0.39, 0.29) is 18.7 Å². The van der Waals surface area contributed by atoms with Crippen LogP contribution in [0.2, 0.25) is 10.0 Å². The molecular formula is C16H12Cl2F4N2O. The van der Waals surface area contributed by atoms with Crippen LogP contribution in [0.15, 0.2) is 36.4 Å². The van der Waals surface area contributed by atoms with Crippen LogP contribution < -0.4 is 10.6 Å². The SMILES string of the molecule is O=C(NCc1ccc(C(F)(F)F)cc1F)NCc1ccc(Cl)cc1Cl. The van der Waals surface area contributed by atoms with Crippen LogP contribution >= 0.6 is 23.2 Å². The van der Waals surface area contributed by atoms with E-state index in [1.807, 2.05) is 0 Å².